The van der Waals surface area contributed by atoms with Crippen LogP contribution in [-0.2, 0) is 51.8 Å². The van der Waals surface area contributed by atoms with Gasteiger partial charge in [-0.25, -0.2) is 0 Å². The van der Waals surface area contributed by atoms with Crippen LogP contribution in [0.1, 0.15) is 175 Å². The summed E-state index contributed by atoms with van der Waals surface area (Å²) in [7, 11) is 0. The van der Waals surface area contributed by atoms with Crippen molar-refractivity contribution in [2.45, 2.75) is 195 Å². The minimum atomic E-state index is -1.27. The quantitative estimate of drug-likeness (QED) is 0.214. The fourth-order valence-electron chi connectivity index (χ4n) is 7.97. The van der Waals surface area contributed by atoms with Gasteiger partial charge in [-0.15, -0.1) is 0 Å². The maximum Gasteiger partial charge on any atom is 0.450 e. The number of phenols is 3. The maximum atomic E-state index is 14.7. The zero-order valence-electron chi connectivity index (χ0n) is 38.2. The van der Waals surface area contributed by atoms with Gasteiger partial charge in [-0.3, -0.25) is 0 Å². The molecule has 3 aromatic carbocycles. The van der Waals surface area contributed by atoms with E-state index in [0.29, 0.717) is 14.3 Å². The average Bonchev–Trinajstić information content (AvgIpc) is 3.02. The van der Waals surface area contributed by atoms with E-state index in [4.69, 9.17) is 0 Å². The van der Waals surface area contributed by atoms with Crippen molar-refractivity contribution >= 4 is 0 Å². The summed E-state index contributed by atoms with van der Waals surface area (Å²) in [5, 5.41) is 34.4. The van der Waals surface area contributed by atoms with Crippen molar-refractivity contribution in [1.82, 2.24) is 0 Å². The summed E-state index contributed by atoms with van der Waals surface area (Å²) in [5.74, 6) is 0.611. The van der Waals surface area contributed by atoms with Crippen LogP contribution in [0.25, 0.3) is 0 Å². The standard InChI is InChI=1S/C48H69N3O6/c1-43(2,3)31-19-28(20-32(40(31)52)44(4,5)6)25-37-49(55)38(26-29-21-33(45(7,8)9)41(53)34(22-29)46(10,11)12)51(57)39(50(37)56)27-30-23-35(47(13,14)15)42(54)36(24-30)48(16,17)18/h19-24,37-39H,25-27H2,1-18H3/p+3. The second kappa shape index (κ2) is 14.9. The highest BCUT2D eigenvalue weighted by Gasteiger charge is 2.67. The van der Waals surface area contributed by atoms with E-state index in [9.17, 15) is 30.0 Å². The summed E-state index contributed by atoms with van der Waals surface area (Å²) in [5.41, 5.74) is 3.89. The lowest BCUT2D eigenvalue weighted by atomic mass is 9.77. The van der Waals surface area contributed by atoms with Crippen LogP contribution in [0.2, 0.25) is 0 Å². The van der Waals surface area contributed by atoms with Crippen LogP contribution in [0, 0.1) is 14.7 Å². The Morgan fingerprint density at radius 3 is 0.614 bits per heavy atom. The van der Waals surface area contributed by atoms with Gasteiger partial charge in [0.1, 0.15) is 50.8 Å². The summed E-state index contributed by atoms with van der Waals surface area (Å²) >= 11 is 0. The summed E-state index contributed by atoms with van der Waals surface area (Å²) in [6.45, 7) is 36.3. The first kappa shape index (κ1) is 45.6. The highest BCUT2D eigenvalue weighted by molar-refractivity contribution is 5.52. The largest absolute Gasteiger partial charge is 0.507 e. The van der Waals surface area contributed by atoms with Crippen LogP contribution >= 0.6 is 0 Å². The van der Waals surface area contributed by atoms with Crippen molar-refractivity contribution in [3.05, 3.63) is 101 Å². The first-order chi connectivity index (χ1) is 25.5. The average molecular weight is 787 g/mol. The first-order valence-corrected chi connectivity index (χ1v) is 20.5. The monoisotopic (exact) mass is 787 g/mol. The molecule has 1 aliphatic heterocycles. The zero-order valence-corrected chi connectivity index (χ0v) is 38.2. The molecule has 1 saturated heterocycles. The normalized spacial score (nSPS) is 19.1. The first-order valence-electron chi connectivity index (χ1n) is 20.5. The fourth-order valence-corrected chi connectivity index (χ4v) is 7.97. The molecule has 1 heterocycles. The van der Waals surface area contributed by atoms with Crippen molar-refractivity contribution in [2.24, 2.45) is 0 Å². The minimum absolute atomic E-state index is 0.0202. The Hall–Kier alpha value is -4.14. The van der Waals surface area contributed by atoms with Crippen molar-refractivity contribution in [1.29, 1.82) is 0 Å². The number of benzene rings is 3. The van der Waals surface area contributed by atoms with Gasteiger partial charge in [-0.2, -0.15) is 0 Å². The molecule has 57 heavy (non-hydrogen) atoms. The van der Waals surface area contributed by atoms with E-state index in [-0.39, 0.29) is 36.5 Å². The number of phenolic OH excluding ortho intramolecular Hbond substituents is 3. The Morgan fingerprint density at radius 2 is 0.491 bits per heavy atom. The number of hydrogen-bond acceptors (Lipinski definition) is 6. The Balaban J connectivity index is 1.96. The maximum absolute atomic E-state index is 14.7. The second-order valence-electron chi connectivity index (χ2n) is 22.8. The molecule has 0 spiro atoms. The summed E-state index contributed by atoms with van der Waals surface area (Å²) in [4.78, 5) is 44.2. The third-order valence-corrected chi connectivity index (χ3v) is 11.4. The van der Waals surface area contributed by atoms with E-state index in [1.165, 1.54) is 0 Å². The number of rotatable bonds is 6. The second-order valence-corrected chi connectivity index (χ2v) is 22.8. The van der Waals surface area contributed by atoms with Crippen LogP contribution in [0.4, 0.5) is 0 Å². The van der Waals surface area contributed by atoms with Crippen molar-refractivity contribution in [3.63, 3.8) is 0 Å². The predicted octanol–water partition coefficient (Wildman–Crippen LogP) is 10.9. The molecule has 0 amide bonds. The van der Waals surface area contributed by atoms with Crippen LogP contribution in [0.5, 0.6) is 17.2 Å². The van der Waals surface area contributed by atoms with E-state index in [1.807, 2.05) is 161 Å². The van der Waals surface area contributed by atoms with Gasteiger partial charge >= 0.3 is 18.5 Å². The van der Waals surface area contributed by atoms with Crippen molar-refractivity contribution < 1.29 is 29.6 Å². The van der Waals surface area contributed by atoms with E-state index >= 15 is 0 Å². The molecular formula is C48H72N3O6+3. The fraction of sp³-hybridized carbons (Fsp3) is 0.625. The van der Waals surface area contributed by atoms with Crippen molar-refractivity contribution in [3.8, 4) is 17.2 Å². The molecule has 1 fully saturated rings. The SMILES string of the molecule is CC(C)(C)c1cc(CC2[N+](=O)C(Cc3cc(C(C)(C)C)c(O)c(C(C)(C)C)c3)[N+](=O)C(Cc3cc(C(C)(C)C)c(O)c(C(C)(C)C)c3)[N+]2=O)cc(C(C)(C)C)c1O. The molecule has 0 bridgehead atoms. The highest BCUT2D eigenvalue weighted by atomic mass is 16.4. The lowest BCUT2D eigenvalue weighted by molar-refractivity contribution is -1.01. The summed E-state index contributed by atoms with van der Waals surface area (Å²) in [6, 6.07) is 11.3. The molecule has 4 rings (SSSR count). The van der Waals surface area contributed by atoms with E-state index in [1.54, 1.807) is 0 Å². The van der Waals surface area contributed by atoms with Gasteiger partial charge in [0, 0.05) is 14.7 Å². The zero-order chi connectivity index (χ0) is 43.8. The Labute approximate surface area is 342 Å². The molecule has 3 N–H and O–H groups in total. The third kappa shape index (κ3) is 9.60. The summed E-state index contributed by atoms with van der Waals surface area (Å²) < 4.78 is 1.99. The van der Waals surface area contributed by atoms with Crippen LogP contribution < -0.4 is 0 Å². The van der Waals surface area contributed by atoms with Gasteiger partial charge in [0.25, 0.3) is 0 Å². The lowest BCUT2D eigenvalue weighted by Crippen LogP contribution is -2.61. The number of hydrogen-bond donors (Lipinski definition) is 3. The van der Waals surface area contributed by atoms with Gasteiger partial charge in [0.2, 0.25) is 0 Å². The summed E-state index contributed by atoms with van der Waals surface area (Å²) in [6.07, 6.45) is -3.74. The topological polar surface area (TPSA) is 121 Å². The minimum Gasteiger partial charge on any atom is -0.507 e. The molecule has 0 radical (unpaired) electrons. The molecule has 0 atom stereocenters. The number of nitrogens with zero attached hydrogens (tertiary/aromatic N) is 3. The molecule has 9 nitrogen and oxygen atoms in total. The molecule has 312 valence electrons. The van der Waals surface area contributed by atoms with Crippen molar-refractivity contribution in [2.75, 3.05) is 0 Å². The van der Waals surface area contributed by atoms with E-state index in [2.05, 4.69) is 0 Å². The van der Waals surface area contributed by atoms with Crippen LogP contribution in [0.3, 0.4) is 0 Å². The molecule has 0 unspecified atom stereocenters. The molecule has 0 aliphatic carbocycles. The third-order valence-electron chi connectivity index (χ3n) is 11.4. The smallest absolute Gasteiger partial charge is 0.450 e. The van der Waals surface area contributed by atoms with E-state index < -0.39 is 51.0 Å². The lowest BCUT2D eigenvalue weighted by Gasteiger charge is -2.29. The van der Waals surface area contributed by atoms with Crippen LogP contribution in [0.15, 0.2) is 36.4 Å². The molecule has 0 saturated carbocycles. The number of aromatic hydroxyl groups is 3. The highest BCUT2D eigenvalue weighted by Crippen LogP contribution is 2.43. The predicted molar refractivity (Wildman–Crippen MR) is 230 cm³/mol. The Kier molecular flexibility index (Phi) is 11.9. The van der Waals surface area contributed by atoms with Crippen LogP contribution in [-0.4, -0.2) is 48.1 Å². The molecule has 1 aliphatic rings. The van der Waals surface area contributed by atoms with Gasteiger partial charge in [0.05, 0.1) is 0 Å². The Bertz CT molecular complexity index is 1710. The molecular weight excluding hydrogens is 715 g/mol. The molecule has 3 aromatic rings. The van der Waals surface area contributed by atoms with Gasteiger partial charge in [-0.1, -0.05) is 161 Å². The Morgan fingerprint density at radius 1 is 0.351 bits per heavy atom. The number of nitroso groups, excluding NO2 is 3. The molecule has 9 heteroatoms. The van der Waals surface area contributed by atoms with Gasteiger partial charge in [0.15, 0.2) is 0 Å². The van der Waals surface area contributed by atoms with E-state index in [0.717, 1.165) is 50.1 Å². The molecule has 0 aromatic heterocycles. The van der Waals surface area contributed by atoms with Gasteiger partial charge < -0.3 is 15.3 Å². The van der Waals surface area contributed by atoms with Gasteiger partial charge in [-0.05, 0) is 82.6 Å².